The van der Waals surface area contributed by atoms with E-state index >= 15 is 0 Å². The summed E-state index contributed by atoms with van der Waals surface area (Å²) in [5, 5.41) is 5.11. The number of benzene rings is 2. The van der Waals surface area contributed by atoms with Gasteiger partial charge in [-0.3, -0.25) is 4.79 Å². The van der Waals surface area contributed by atoms with Crippen molar-refractivity contribution in [3.05, 3.63) is 42.0 Å². The Morgan fingerprint density at radius 3 is 2.88 bits per heavy atom. The highest BCUT2D eigenvalue weighted by Crippen LogP contribution is 2.41. The van der Waals surface area contributed by atoms with Gasteiger partial charge in [0.1, 0.15) is 5.58 Å². The minimum Gasteiger partial charge on any atom is -0.487 e. The van der Waals surface area contributed by atoms with Crippen LogP contribution in [0.1, 0.15) is 51.0 Å². The van der Waals surface area contributed by atoms with Crippen molar-refractivity contribution in [2.24, 2.45) is 0 Å². The molecule has 1 aliphatic rings. The Hall–Kier alpha value is -2.49. The molecule has 2 unspecified atom stereocenters. The van der Waals surface area contributed by atoms with Gasteiger partial charge in [0.05, 0.1) is 6.10 Å². The van der Waals surface area contributed by atoms with Crippen molar-refractivity contribution in [3.8, 4) is 5.75 Å². The first-order valence-electron chi connectivity index (χ1n) is 9.55. The maximum atomic E-state index is 11.7. The number of amides is 1. The van der Waals surface area contributed by atoms with E-state index in [9.17, 15) is 4.79 Å². The van der Waals surface area contributed by atoms with Crippen LogP contribution >= 0.6 is 0 Å². The zero-order valence-corrected chi connectivity index (χ0v) is 15.4. The summed E-state index contributed by atoms with van der Waals surface area (Å²) in [4.78, 5) is 11.7. The van der Waals surface area contributed by atoms with E-state index in [1.807, 2.05) is 24.3 Å². The van der Waals surface area contributed by atoms with Crippen LogP contribution in [0.4, 0.5) is 0 Å². The minimum atomic E-state index is 0.115. The maximum Gasteiger partial charge on any atom is 0.220 e. The van der Waals surface area contributed by atoms with Crippen LogP contribution < -0.4 is 10.1 Å². The molecule has 0 spiro atoms. The van der Waals surface area contributed by atoms with Crippen LogP contribution in [0.25, 0.3) is 21.9 Å². The number of hydrogen-bond donors (Lipinski definition) is 1. The lowest BCUT2D eigenvalue weighted by Gasteiger charge is -2.16. The van der Waals surface area contributed by atoms with Gasteiger partial charge >= 0.3 is 0 Å². The molecule has 0 aliphatic carbocycles. The second kappa shape index (κ2) is 7.02. The van der Waals surface area contributed by atoms with E-state index in [4.69, 9.17) is 9.15 Å². The third kappa shape index (κ3) is 3.05. The molecule has 3 aromatic rings. The molecule has 4 nitrogen and oxygen atoms in total. The number of para-hydroxylation sites is 1. The van der Waals surface area contributed by atoms with E-state index in [1.54, 1.807) is 0 Å². The first-order chi connectivity index (χ1) is 12.7. The molecule has 1 aromatic heterocycles. The lowest BCUT2D eigenvalue weighted by atomic mass is 9.93. The topological polar surface area (TPSA) is 51.5 Å². The second-order valence-corrected chi connectivity index (χ2v) is 7.23. The summed E-state index contributed by atoms with van der Waals surface area (Å²) in [5.74, 6) is 1.09. The highest BCUT2D eigenvalue weighted by Gasteiger charge is 2.27. The number of ether oxygens (including phenoxy) is 1. The first-order valence-corrected chi connectivity index (χ1v) is 9.55. The third-order valence-corrected chi connectivity index (χ3v) is 5.23. The highest BCUT2D eigenvalue weighted by molar-refractivity contribution is 6.09. The van der Waals surface area contributed by atoms with E-state index in [0.29, 0.717) is 13.0 Å². The summed E-state index contributed by atoms with van der Waals surface area (Å²) in [5.41, 5.74) is 2.82. The lowest BCUT2D eigenvalue weighted by molar-refractivity contribution is -0.119. The zero-order chi connectivity index (χ0) is 18.1. The summed E-state index contributed by atoms with van der Waals surface area (Å²) < 4.78 is 12.4. The third-order valence-electron chi connectivity index (χ3n) is 5.23. The predicted octanol–water partition coefficient (Wildman–Crippen LogP) is 5.15. The van der Waals surface area contributed by atoms with Crippen LogP contribution in [0.5, 0.6) is 5.75 Å². The van der Waals surface area contributed by atoms with Crippen LogP contribution in [0.3, 0.4) is 0 Å². The summed E-state index contributed by atoms with van der Waals surface area (Å²) in [6, 6.07) is 12.2. The van der Waals surface area contributed by atoms with Gasteiger partial charge in [-0.1, -0.05) is 44.0 Å². The molecule has 1 aliphatic heterocycles. The average molecular weight is 351 g/mol. The van der Waals surface area contributed by atoms with Gasteiger partial charge in [0.25, 0.3) is 0 Å². The summed E-state index contributed by atoms with van der Waals surface area (Å²) in [7, 11) is 0. The summed E-state index contributed by atoms with van der Waals surface area (Å²) in [6.45, 7) is 4.98. The minimum absolute atomic E-state index is 0.115. The number of carbonyl (C=O) groups is 1. The Balaban J connectivity index is 1.81. The normalized spacial score (nSPS) is 18.4. The highest BCUT2D eigenvalue weighted by atomic mass is 16.5. The van der Waals surface area contributed by atoms with Gasteiger partial charge in [-0.05, 0) is 31.0 Å². The predicted molar refractivity (Wildman–Crippen MR) is 104 cm³/mol. The fraction of sp³-hybridized carbons (Fsp3) is 0.409. The maximum absolute atomic E-state index is 11.7. The number of hydrogen-bond acceptors (Lipinski definition) is 3. The van der Waals surface area contributed by atoms with Crippen molar-refractivity contribution in [3.63, 3.8) is 0 Å². The Kier molecular flexibility index (Phi) is 4.58. The van der Waals surface area contributed by atoms with Crippen molar-refractivity contribution in [1.29, 1.82) is 0 Å². The molecule has 1 saturated heterocycles. The molecule has 136 valence electrons. The molecule has 2 aromatic carbocycles. The Bertz CT molecular complexity index is 943. The van der Waals surface area contributed by atoms with Crippen molar-refractivity contribution < 1.29 is 13.9 Å². The van der Waals surface area contributed by atoms with Gasteiger partial charge in [0.15, 0.2) is 11.3 Å². The molecular formula is C22H25NO3. The van der Waals surface area contributed by atoms with E-state index in [-0.39, 0.29) is 17.9 Å². The van der Waals surface area contributed by atoms with Crippen molar-refractivity contribution >= 4 is 27.8 Å². The average Bonchev–Trinajstić information content (AvgIpc) is 3.24. The van der Waals surface area contributed by atoms with Crippen molar-refractivity contribution in [1.82, 2.24) is 5.32 Å². The number of carbonyl (C=O) groups excluding carboxylic acids is 1. The fourth-order valence-corrected chi connectivity index (χ4v) is 3.86. The molecule has 26 heavy (non-hydrogen) atoms. The standard InChI is InChI=1S/C22H25NO3/c1-3-4-7-14(2)25-19-11-10-16(15-12-20(24)23-13-15)21-17-8-5-6-9-18(17)26-22(19)21/h5-6,8-11,14-15H,3-4,7,12-13H2,1-2H3,(H,23,24). The van der Waals surface area contributed by atoms with Gasteiger partial charge in [0.2, 0.25) is 5.91 Å². The number of rotatable bonds is 6. The number of furan rings is 1. The summed E-state index contributed by atoms with van der Waals surface area (Å²) >= 11 is 0. The van der Waals surface area contributed by atoms with Crippen LogP contribution in [-0.2, 0) is 4.79 Å². The molecule has 1 amide bonds. The molecule has 4 rings (SSSR count). The van der Waals surface area contributed by atoms with E-state index < -0.39 is 0 Å². The number of unbranched alkanes of at least 4 members (excludes halogenated alkanes) is 1. The van der Waals surface area contributed by atoms with Crippen LogP contribution in [-0.4, -0.2) is 18.6 Å². The Morgan fingerprint density at radius 1 is 1.27 bits per heavy atom. The molecule has 1 fully saturated rings. The molecule has 2 heterocycles. The number of nitrogens with one attached hydrogen (secondary N) is 1. The van der Waals surface area contributed by atoms with E-state index in [0.717, 1.165) is 52.5 Å². The molecule has 1 N–H and O–H groups in total. The van der Waals surface area contributed by atoms with Crippen molar-refractivity contribution in [2.45, 2.75) is 51.6 Å². The molecule has 2 atom stereocenters. The van der Waals surface area contributed by atoms with E-state index in [2.05, 4.69) is 31.3 Å². The molecule has 0 radical (unpaired) electrons. The summed E-state index contributed by atoms with van der Waals surface area (Å²) in [6.07, 6.45) is 4.02. The van der Waals surface area contributed by atoms with Gasteiger partial charge in [-0.15, -0.1) is 0 Å². The van der Waals surface area contributed by atoms with Gasteiger partial charge in [-0.2, -0.15) is 0 Å². The monoisotopic (exact) mass is 351 g/mol. The van der Waals surface area contributed by atoms with Crippen molar-refractivity contribution in [2.75, 3.05) is 6.54 Å². The van der Waals surface area contributed by atoms with Gasteiger partial charge in [0, 0.05) is 29.7 Å². The first kappa shape index (κ1) is 17.0. The van der Waals surface area contributed by atoms with Crippen LogP contribution in [0.2, 0.25) is 0 Å². The zero-order valence-electron chi connectivity index (χ0n) is 15.4. The fourth-order valence-electron chi connectivity index (χ4n) is 3.86. The Labute approximate surface area is 153 Å². The van der Waals surface area contributed by atoms with Gasteiger partial charge < -0.3 is 14.5 Å². The molecular weight excluding hydrogens is 326 g/mol. The Morgan fingerprint density at radius 2 is 2.12 bits per heavy atom. The SMILES string of the molecule is CCCCC(C)Oc1ccc(C2CNC(=O)C2)c2c1oc1ccccc12. The molecule has 0 saturated carbocycles. The van der Waals surface area contributed by atoms with Crippen LogP contribution in [0, 0.1) is 0 Å². The molecule has 0 bridgehead atoms. The molecule has 4 heteroatoms. The van der Waals surface area contributed by atoms with Crippen LogP contribution in [0.15, 0.2) is 40.8 Å². The largest absolute Gasteiger partial charge is 0.487 e. The second-order valence-electron chi connectivity index (χ2n) is 7.23. The van der Waals surface area contributed by atoms with Gasteiger partial charge in [-0.25, -0.2) is 0 Å². The number of fused-ring (bicyclic) bond motifs is 3. The quantitative estimate of drug-likeness (QED) is 0.668. The lowest BCUT2D eigenvalue weighted by Crippen LogP contribution is -2.13. The van der Waals surface area contributed by atoms with E-state index in [1.165, 1.54) is 0 Å². The smallest absolute Gasteiger partial charge is 0.220 e.